The summed E-state index contributed by atoms with van der Waals surface area (Å²) in [5.74, 6) is -0.0919. The normalized spacial score (nSPS) is 16.2. The third kappa shape index (κ3) is 3.29. The van der Waals surface area contributed by atoms with Crippen LogP contribution in [0.3, 0.4) is 0 Å². The highest BCUT2D eigenvalue weighted by atomic mass is 19.1. The van der Waals surface area contributed by atoms with E-state index in [0.717, 1.165) is 30.1 Å². The maximum Gasteiger partial charge on any atom is 0.126 e. The molecule has 2 heteroatoms. The zero-order valence-electron chi connectivity index (χ0n) is 11.0. The van der Waals surface area contributed by atoms with E-state index >= 15 is 0 Å². The lowest BCUT2D eigenvalue weighted by atomic mass is 9.81. The minimum Gasteiger partial charge on any atom is -0.314 e. The molecule has 0 spiro atoms. The standard InChI is InChI=1S/C15H22FN/c1-11-4-5-12(10-14(11)16)15(2,3)8-9-17-13-6-7-13/h4-5,10,13,17H,6-9H2,1-3H3. The van der Waals surface area contributed by atoms with Crippen molar-refractivity contribution in [3.63, 3.8) is 0 Å². The lowest BCUT2D eigenvalue weighted by molar-refractivity contribution is 0.453. The summed E-state index contributed by atoms with van der Waals surface area (Å²) in [4.78, 5) is 0. The fourth-order valence-corrected chi connectivity index (χ4v) is 2.03. The van der Waals surface area contributed by atoms with Gasteiger partial charge in [-0.3, -0.25) is 0 Å². The Labute approximate surface area is 103 Å². The van der Waals surface area contributed by atoms with Crippen molar-refractivity contribution in [3.05, 3.63) is 35.1 Å². The van der Waals surface area contributed by atoms with Gasteiger partial charge in [-0.25, -0.2) is 4.39 Å². The maximum absolute atomic E-state index is 13.6. The van der Waals surface area contributed by atoms with E-state index in [1.807, 2.05) is 6.07 Å². The van der Waals surface area contributed by atoms with Crippen molar-refractivity contribution in [2.24, 2.45) is 0 Å². The lowest BCUT2D eigenvalue weighted by Crippen LogP contribution is -2.26. The molecule has 0 atom stereocenters. The Bertz CT molecular complexity index is 394. The molecule has 1 aromatic rings. The monoisotopic (exact) mass is 235 g/mol. The van der Waals surface area contributed by atoms with E-state index in [2.05, 4.69) is 25.2 Å². The van der Waals surface area contributed by atoms with Gasteiger partial charge in [-0.15, -0.1) is 0 Å². The SMILES string of the molecule is Cc1ccc(C(C)(C)CCNC2CC2)cc1F. The molecule has 1 nitrogen and oxygen atoms in total. The molecule has 0 bridgehead atoms. The van der Waals surface area contributed by atoms with Crippen molar-refractivity contribution in [1.29, 1.82) is 0 Å². The summed E-state index contributed by atoms with van der Waals surface area (Å²) in [6.07, 6.45) is 3.69. The van der Waals surface area contributed by atoms with Gasteiger partial charge in [0.1, 0.15) is 5.82 Å². The molecular weight excluding hydrogens is 213 g/mol. The topological polar surface area (TPSA) is 12.0 Å². The molecule has 17 heavy (non-hydrogen) atoms. The van der Waals surface area contributed by atoms with Crippen molar-refractivity contribution in [2.75, 3.05) is 6.54 Å². The van der Waals surface area contributed by atoms with Crippen molar-refractivity contribution in [2.45, 2.75) is 51.5 Å². The highest BCUT2D eigenvalue weighted by Crippen LogP contribution is 2.28. The van der Waals surface area contributed by atoms with Gasteiger partial charge >= 0.3 is 0 Å². The highest BCUT2D eigenvalue weighted by molar-refractivity contribution is 5.28. The molecule has 1 fully saturated rings. The molecule has 0 aromatic heterocycles. The quantitative estimate of drug-likeness (QED) is 0.823. The van der Waals surface area contributed by atoms with Crippen LogP contribution < -0.4 is 5.32 Å². The van der Waals surface area contributed by atoms with Crippen molar-refractivity contribution in [3.8, 4) is 0 Å². The van der Waals surface area contributed by atoms with Crippen LogP contribution in [-0.4, -0.2) is 12.6 Å². The van der Waals surface area contributed by atoms with Gasteiger partial charge in [0.2, 0.25) is 0 Å². The van der Waals surface area contributed by atoms with Crippen LogP contribution >= 0.6 is 0 Å². The zero-order valence-corrected chi connectivity index (χ0v) is 11.0. The number of hydrogen-bond acceptors (Lipinski definition) is 1. The van der Waals surface area contributed by atoms with Gasteiger partial charge in [0.05, 0.1) is 0 Å². The van der Waals surface area contributed by atoms with E-state index < -0.39 is 0 Å². The number of hydrogen-bond donors (Lipinski definition) is 1. The summed E-state index contributed by atoms with van der Waals surface area (Å²) in [6.45, 7) is 7.20. The Balaban J connectivity index is 1.98. The van der Waals surface area contributed by atoms with Crippen LogP contribution in [0.5, 0.6) is 0 Å². The molecule has 1 aliphatic carbocycles. The van der Waals surface area contributed by atoms with Gasteiger partial charge in [-0.1, -0.05) is 26.0 Å². The number of nitrogens with one attached hydrogen (secondary N) is 1. The largest absolute Gasteiger partial charge is 0.314 e. The summed E-state index contributed by atoms with van der Waals surface area (Å²) < 4.78 is 13.6. The second kappa shape index (κ2) is 4.77. The van der Waals surface area contributed by atoms with Crippen molar-refractivity contribution in [1.82, 2.24) is 5.32 Å². The molecule has 0 unspecified atom stereocenters. The zero-order chi connectivity index (χ0) is 12.5. The smallest absolute Gasteiger partial charge is 0.126 e. The molecule has 0 amide bonds. The van der Waals surface area contributed by atoms with Gasteiger partial charge in [0.25, 0.3) is 0 Å². The molecule has 0 saturated heterocycles. The van der Waals surface area contributed by atoms with Crippen LogP contribution in [0, 0.1) is 12.7 Å². The van der Waals surface area contributed by atoms with Crippen LogP contribution in [0.2, 0.25) is 0 Å². The third-order valence-electron chi connectivity index (χ3n) is 3.71. The van der Waals surface area contributed by atoms with Crippen LogP contribution in [0.15, 0.2) is 18.2 Å². The molecule has 1 aliphatic rings. The predicted molar refractivity (Wildman–Crippen MR) is 69.8 cm³/mol. The second-order valence-corrected chi connectivity index (χ2v) is 5.83. The minimum atomic E-state index is -0.0919. The molecule has 0 heterocycles. The number of aryl methyl sites for hydroxylation is 1. The first-order chi connectivity index (χ1) is 7.99. The molecule has 0 radical (unpaired) electrons. The van der Waals surface area contributed by atoms with Crippen molar-refractivity contribution >= 4 is 0 Å². The van der Waals surface area contributed by atoms with Gasteiger partial charge in [0.15, 0.2) is 0 Å². The lowest BCUT2D eigenvalue weighted by Gasteiger charge is -2.26. The number of rotatable bonds is 5. The fourth-order valence-electron chi connectivity index (χ4n) is 2.03. The number of benzene rings is 1. The molecule has 1 aromatic carbocycles. The van der Waals surface area contributed by atoms with Crippen molar-refractivity contribution < 1.29 is 4.39 Å². The molecule has 1 saturated carbocycles. The summed E-state index contributed by atoms with van der Waals surface area (Å²) in [6, 6.07) is 6.36. The van der Waals surface area contributed by atoms with Crippen LogP contribution in [0.25, 0.3) is 0 Å². The van der Waals surface area contributed by atoms with Gasteiger partial charge < -0.3 is 5.32 Å². The van der Waals surface area contributed by atoms with Crippen LogP contribution in [0.1, 0.15) is 44.2 Å². The summed E-state index contributed by atoms with van der Waals surface area (Å²) in [5, 5.41) is 3.51. The summed E-state index contributed by atoms with van der Waals surface area (Å²) >= 11 is 0. The number of halogens is 1. The Morgan fingerprint density at radius 3 is 2.65 bits per heavy atom. The Kier molecular flexibility index (Phi) is 3.53. The average molecular weight is 235 g/mol. The third-order valence-corrected chi connectivity index (χ3v) is 3.71. The Hall–Kier alpha value is -0.890. The van der Waals surface area contributed by atoms with Gasteiger partial charge in [0, 0.05) is 6.04 Å². The molecule has 0 aliphatic heterocycles. The predicted octanol–water partition coefficient (Wildman–Crippen LogP) is 3.55. The van der Waals surface area contributed by atoms with Crippen LogP contribution in [-0.2, 0) is 5.41 Å². The second-order valence-electron chi connectivity index (χ2n) is 5.83. The first kappa shape index (κ1) is 12.6. The first-order valence-electron chi connectivity index (χ1n) is 6.49. The van der Waals surface area contributed by atoms with E-state index in [4.69, 9.17) is 0 Å². The summed E-state index contributed by atoms with van der Waals surface area (Å²) in [7, 11) is 0. The minimum absolute atomic E-state index is 0.0381. The molecule has 94 valence electrons. The van der Waals surface area contributed by atoms with Gasteiger partial charge in [-0.2, -0.15) is 0 Å². The van der Waals surface area contributed by atoms with Crippen LogP contribution in [0.4, 0.5) is 4.39 Å². The van der Waals surface area contributed by atoms with E-state index in [9.17, 15) is 4.39 Å². The Morgan fingerprint density at radius 1 is 1.35 bits per heavy atom. The average Bonchev–Trinajstić information content (AvgIpc) is 3.05. The maximum atomic E-state index is 13.6. The first-order valence-corrected chi connectivity index (χ1v) is 6.49. The van der Waals surface area contributed by atoms with E-state index in [1.165, 1.54) is 12.8 Å². The summed E-state index contributed by atoms with van der Waals surface area (Å²) in [5.41, 5.74) is 1.86. The molecular formula is C15H22FN. The van der Waals surface area contributed by atoms with E-state index in [0.29, 0.717) is 0 Å². The molecule has 1 N–H and O–H groups in total. The van der Waals surface area contributed by atoms with E-state index in [1.54, 1.807) is 13.0 Å². The molecule has 2 rings (SSSR count). The highest BCUT2D eigenvalue weighted by Gasteiger charge is 2.24. The van der Waals surface area contributed by atoms with E-state index in [-0.39, 0.29) is 11.2 Å². The van der Waals surface area contributed by atoms with Gasteiger partial charge in [-0.05, 0) is 55.3 Å². The Morgan fingerprint density at radius 2 is 2.06 bits per heavy atom. The fraction of sp³-hybridized carbons (Fsp3) is 0.600.